The highest BCUT2D eigenvalue weighted by Gasteiger charge is 2.22. The Bertz CT molecular complexity index is 198. The van der Waals surface area contributed by atoms with Gasteiger partial charge in [-0.25, -0.2) is 0 Å². The molecule has 1 heterocycles. The fourth-order valence-electron chi connectivity index (χ4n) is 1.80. The summed E-state index contributed by atoms with van der Waals surface area (Å²) in [6, 6.07) is 0. The second-order valence-electron chi connectivity index (χ2n) is 3.66. The molecule has 3 N–H and O–H groups in total. The van der Waals surface area contributed by atoms with Gasteiger partial charge in [-0.05, 0) is 25.6 Å². The van der Waals surface area contributed by atoms with Crippen LogP contribution in [0.15, 0.2) is 5.16 Å². The van der Waals surface area contributed by atoms with E-state index in [0.29, 0.717) is 5.84 Å². The zero-order chi connectivity index (χ0) is 10.4. The first-order chi connectivity index (χ1) is 6.77. The third kappa shape index (κ3) is 3.38. The van der Waals surface area contributed by atoms with Crippen molar-refractivity contribution in [3.8, 4) is 0 Å². The zero-order valence-electron chi connectivity index (χ0n) is 8.65. The van der Waals surface area contributed by atoms with E-state index < -0.39 is 0 Å². The number of hydrogen-bond acceptors (Lipinski definition) is 4. The molecule has 1 saturated heterocycles. The third-order valence-corrected chi connectivity index (χ3v) is 3.24. The molecule has 14 heavy (non-hydrogen) atoms. The van der Waals surface area contributed by atoms with Crippen molar-refractivity contribution in [2.75, 3.05) is 31.6 Å². The number of hydrogen-bond donors (Lipinski definition) is 2. The minimum atomic E-state index is 0.246. The lowest BCUT2D eigenvalue weighted by molar-refractivity contribution is 0.211. The molecule has 82 valence electrons. The number of likely N-dealkylation sites (tertiary alicyclic amines) is 1. The Hall–Kier alpha value is -0.420. The van der Waals surface area contributed by atoms with Gasteiger partial charge >= 0.3 is 0 Å². The molecule has 5 heteroatoms. The number of piperidine rings is 1. The summed E-state index contributed by atoms with van der Waals surface area (Å²) in [7, 11) is 0. The van der Waals surface area contributed by atoms with Gasteiger partial charge in [0.2, 0.25) is 0 Å². The van der Waals surface area contributed by atoms with Gasteiger partial charge in [0.1, 0.15) is 5.84 Å². The van der Waals surface area contributed by atoms with Crippen LogP contribution in [-0.4, -0.2) is 47.6 Å². The summed E-state index contributed by atoms with van der Waals surface area (Å²) < 4.78 is 0. The number of nitrogens with zero attached hydrogens (tertiary/aromatic N) is 2. The summed E-state index contributed by atoms with van der Waals surface area (Å²) in [4.78, 5) is 2.39. The van der Waals surface area contributed by atoms with Crippen molar-refractivity contribution < 1.29 is 5.21 Å². The fourth-order valence-corrected chi connectivity index (χ4v) is 2.24. The van der Waals surface area contributed by atoms with Crippen LogP contribution in [-0.2, 0) is 0 Å². The Labute approximate surface area is 89.5 Å². The van der Waals surface area contributed by atoms with E-state index in [1.807, 2.05) is 11.8 Å². The van der Waals surface area contributed by atoms with Crippen LogP contribution in [0.3, 0.4) is 0 Å². The number of nitrogens with two attached hydrogens (primary N) is 1. The third-order valence-electron chi connectivity index (χ3n) is 2.65. The largest absolute Gasteiger partial charge is 0.409 e. The Morgan fingerprint density at radius 1 is 1.71 bits per heavy atom. The zero-order valence-corrected chi connectivity index (χ0v) is 9.46. The maximum atomic E-state index is 8.59. The van der Waals surface area contributed by atoms with Gasteiger partial charge in [-0.1, -0.05) is 5.16 Å². The van der Waals surface area contributed by atoms with Gasteiger partial charge in [-0.2, -0.15) is 11.8 Å². The van der Waals surface area contributed by atoms with Gasteiger partial charge in [0.15, 0.2) is 0 Å². The van der Waals surface area contributed by atoms with Crippen LogP contribution in [0.2, 0.25) is 0 Å². The van der Waals surface area contributed by atoms with Crippen LogP contribution in [0.25, 0.3) is 0 Å². The normalized spacial score (nSPS) is 25.2. The van der Waals surface area contributed by atoms with E-state index in [4.69, 9.17) is 10.9 Å². The van der Waals surface area contributed by atoms with Crippen LogP contribution >= 0.6 is 11.8 Å². The molecule has 0 amide bonds. The predicted molar refractivity (Wildman–Crippen MR) is 61.0 cm³/mol. The predicted octanol–water partition coefficient (Wildman–Crippen LogP) is 0.808. The van der Waals surface area contributed by atoms with E-state index in [9.17, 15) is 0 Å². The maximum Gasteiger partial charge on any atom is 0.143 e. The Balaban J connectivity index is 2.35. The highest BCUT2D eigenvalue weighted by molar-refractivity contribution is 7.98. The second kappa shape index (κ2) is 6.14. The van der Waals surface area contributed by atoms with Gasteiger partial charge in [0.05, 0.1) is 0 Å². The quantitative estimate of drug-likeness (QED) is 0.316. The standard InChI is InChI=1S/C9H19N3OS/c1-14-6-5-12-4-2-3-8(7-12)9(10)11-13/h8,13H,2-7H2,1H3,(H2,10,11). The summed E-state index contributed by atoms with van der Waals surface area (Å²) in [6.45, 7) is 3.20. The molecule has 0 aliphatic carbocycles. The van der Waals surface area contributed by atoms with E-state index in [2.05, 4.69) is 16.3 Å². The first kappa shape index (κ1) is 11.7. The van der Waals surface area contributed by atoms with E-state index >= 15 is 0 Å². The van der Waals surface area contributed by atoms with Gasteiger partial charge in [-0.15, -0.1) is 0 Å². The first-order valence-electron chi connectivity index (χ1n) is 4.96. The summed E-state index contributed by atoms with van der Waals surface area (Å²) in [5.41, 5.74) is 5.61. The molecule has 4 nitrogen and oxygen atoms in total. The fraction of sp³-hybridized carbons (Fsp3) is 0.889. The van der Waals surface area contributed by atoms with Crippen molar-refractivity contribution in [1.29, 1.82) is 0 Å². The van der Waals surface area contributed by atoms with Crippen molar-refractivity contribution in [1.82, 2.24) is 4.90 Å². The topological polar surface area (TPSA) is 61.8 Å². The van der Waals surface area contributed by atoms with Crippen LogP contribution in [0.4, 0.5) is 0 Å². The van der Waals surface area contributed by atoms with E-state index in [0.717, 1.165) is 38.2 Å². The first-order valence-corrected chi connectivity index (χ1v) is 6.36. The summed E-state index contributed by atoms with van der Waals surface area (Å²) in [5, 5.41) is 11.7. The molecule has 1 fully saturated rings. The smallest absolute Gasteiger partial charge is 0.143 e. The molecule has 0 radical (unpaired) electrons. The number of amidine groups is 1. The Kier molecular flexibility index (Phi) is 5.11. The van der Waals surface area contributed by atoms with Crippen molar-refractivity contribution in [2.24, 2.45) is 16.8 Å². The van der Waals surface area contributed by atoms with Gasteiger partial charge < -0.3 is 15.8 Å². The molecule has 1 aliphatic heterocycles. The Morgan fingerprint density at radius 3 is 3.14 bits per heavy atom. The average Bonchev–Trinajstić information content (AvgIpc) is 2.25. The molecule has 0 saturated carbocycles. The molecule has 0 aromatic heterocycles. The summed E-state index contributed by atoms with van der Waals surface area (Å²) >= 11 is 1.86. The average molecular weight is 217 g/mol. The van der Waals surface area contributed by atoms with E-state index in [1.54, 1.807) is 0 Å². The number of thioether (sulfide) groups is 1. The molecular weight excluding hydrogens is 198 g/mol. The monoisotopic (exact) mass is 217 g/mol. The van der Waals surface area contributed by atoms with Gasteiger partial charge in [0, 0.05) is 24.8 Å². The van der Waals surface area contributed by atoms with Crippen molar-refractivity contribution >= 4 is 17.6 Å². The lowest BCUT2D eigenvalue weighted by Gasteiger charge is -2.31. The van der Waals surface area contributed by atoms with Gasteiger partial charge in [-0.3, -0.25) is 0 Å². The lowest BCUT2D eigenvalue weighted by atomic mass is 9.97. The van der Waals surface area contributed by atoms with Crippen LogP contribution < -0.4 is 5.73 Å². The lowest BCUT2D eigenvalue weighted by Crippen LogP contribution is -2.42. The minimum absolute atomic E-state index is 0.246. The number of rotatable bonds is 4. The summed E-state index contributed by atoms with van der Waals surface area (Å²) in [6.07, 6.45) is 4.31. The molecule has 1 rings (SSSR count). The molecule has 1 aliphatic rings. The Morgan fingerprint density at radius 2 is 2.50 bits per heavy atom. The van der Waals surface area contributed by atoms with E-state index in [1.165, 1.54) is 0 Å². The maximum absolute atomic E-state index is 8.59. The molecular formula is C9H19N3OS. The molecule has 0 spiro atoms. The van der Waals surface area contributed by atoms with Crippen LogP contribution in [0.5, 0.6) is 0 Å². The van der Waals surface area contributed by atoms with Crippen molar-refractivity contribution in [3.63, 3.8) is 0 Å². The highest BCUT2D eigenvalue weighted by Crippen LogP contribution is 2.16. The summed E-state index contributed by atoms with van der Waals surface area (Å²) in [5.74, 6) is 1.79. The SMILES string of the molecule is CSCCN1CCCC(C(N)=NO)C1. The van der Waals surface area contributed by atoms with Crippen LogP contribution in [0, 0.1) is 5.92 Å². The van der Waals surface area contributed by atoms with Crippen molar-refractivity contribution in [2.45, 2.75) is 12.8 Å². The second-order valence-corrected chi connectivity index (χ2v) is 4.64. The molecule has 1 atom stereocenters. The minimum Gasteiger partial charge on any atom is -0.409 e. The van der Waals surface area contributed by atoms with Crippen molar-refractivity contribution in [3.05, 3.63) is 0 Å². The van der Waals surface area contributed by atoms with Crippen LogP contribution in [0.1, 0.15) is 12.8 Å². The highest BCUT2D eigenvalue weighted by atomic mass is 32.2. The molecule has 1 unspecified atom stereocenters. The van der Waals surface area contributed by atoms with E-state index in [-0.39, 0.29) is 5.92 Å². The molecule has 0 aromatic carbocycles. The number of oxime groups is 1. The van der Waals surface area contributed by atoms with Gasteiger partial charge in [0.25, 0.3) is 0 Å². The molecule has 0 bridgehead atoms. The molecule has 0 aromatic rings.